The summed E-state index contributed by atoms with van der Waals surface area (Å²) in [5.74, 6) is -1.19. The van der Waals surface area contributed by atoms with E-state index in [9.17, 15) is 4.79 Å². The van der Waals surface area contributed by atoms with Crippen molar-refractivity contribution in [3.8, 4) is 5.75 Å². The van der Waals surface area contributed by atoms with Gasteiger partial charge in [0.15, 0.2) is 5.75 Å². The van der Waals surface area contributed by atoms with Crippen LogP contribution in [0.2, 0.25) is 0 Å². The van der Waals surface area contributed by atoms with Crippen molar-refractivity contribution < 1.29 is 20.0 Å². The average molecular weight is 366 g/mol. The summed E-state index contributed by atoms with van der Waals surface area (Å²) in [5.41, 5.74) is -0.0602. The van der Waals surface area contributed by atoms with Crippen molar-refractivity contribution in [3.63, 3.8) is 0 Å². The molecule has 0 spiro atoms. The van der Waals surface area contributed by atoms with Crippen LogP contribution in [0.15, 0.2) is 24.3 Å². The van der Waals surface area contributed by atoms with Crippen LogP contribution in [0.1, 0.15) is 10.4 Å². The summed E-state index contributed by atoms with van der Waals surface area (Å²) >= 11 is 0. The number of hydrogen-bond acceptors (Lipinski definition) is 3. The number of benzene rings is 1. The van der Waals surface area contributed by atoms with Crippen LogP contribution in [0.25, 0.3) is 0 Å². The van der Waals surface area contributed by atoms with E-state index in [4.69, 9.17) is 10.4 Å². The molecule has 1 aromatic carbocycles. The number of para-hydroxylation sites is 1. The molecule has 0 fully saturated rings. The molecule has 0 heterocycles. The van der Waals surface area contributed by atoms with Crippen LogP contribution < -0.4 is 4.89 Å². The summed E-state index contributed by atoms with van der Waals surface area (Å²) in [5, 5.41) is 16.7. The van der Waals surface area contributed by atoms with Gasteiger partial charge in [-0.05, 0) is 12.1 Å². The predicted octanol–water partition coefficient (Wildman–Crippen LogP) is 0.0527. The first-order valence-corrected chi connectivity index (χ1v) is 2.89. The third-order valence-corrected chi connectivity index (χ3v) is 1.22. The molecule has 0 saturated carbocycles. The van der Waals surface area contributed by atoms with Gasteiger partial charge in [-0.3, -0.25) is 0 Å². The van der Waals surface area contributed by atoms with E-state index in [-0.39, 0.29) is 37.5 Å². The Bertz CT molecular complexity index is 274. The van der Waals surface area contributed by atoms with Gasteiger partial charge in [0.2, 0.25) is 0 Å². The Hall–Kier alpha value is -0.667. The van der Waals surface area contributed by atoms with Crippen molar-refractivity contribution in [2.45, 2.75) is 0 Å². The molecule has 1 rings (SSSR count). The first kappa shape index (κ1) is 11.3. The molecule has 1 aromatic rings. The fourth-order valence-electron chi connectivity index (χ4n) is 0.723. The molecule has 12 heavy (non-hydrogen) atoms. The molecule has 66 valence electrons. The molecule has 0 aliphatic carbocycles. The zero-order chi connectivity index (χ0) is 8.27. The number of carbonyl (C=O) groups is 1. The Morgan fingerprint density at radius 3 is 2.33 bits per heavy atom. The van der Waals surface area contributed by atoms with E-state index in [1.54, 1.807) is 12.1 Å². The van der Waals surface area contributed by atoms with Crippen molar-refractivity contribution >= 4 is 32.2 Å². The summed E-state index contributed by atoms with van der Waals surface area (Å²) in [4.78, 5) is 14.2. The third kappa shape index (κ3) is 2.43. The van der Waals surface area contributed by atoms with Gasteiger partial charge in [-0.25, -0.2) is 10.1 Å². The second kappa shape index (κ2) is 5.06. The summed E-state index contributed by atoms with van der Waals surface area (Å²) in [6.45, 7) is 0. The Morgan fingerprint density at radius 1 is 1.33 bits per heavy atom. The fourth-order valence-corrected chi connectivity index (χ4v) is 0.723. The van der Waals surface area contributed by atoms with Crippen molar-refractivity contribution in [2.75, 3.05) is 0 Å². The maximum absolute atomic E-state index is 10.4. The standard InChI is InChI=1S/C7H6O4.Bi.3H/c8-7(9)5-3-1-2-4-6(5)11-10;;;;/h1-4,10H,(H,8,9);;;;. The Balaban J connectivity index is 0.00000121. The van der Waals surface area contributed by atoms with Gasteiger partial charge >= 0.3 is 32.2 Å². The molecule has 0 aromatic heterocycles. The van der Waals surface area contributed by atoms with Gasteiger partial charge in [0.05, 0.1) is 0 Å². The topological polar surface area (TPSA) is 66.8 Å². The van der Waals surface area contributed by atoms with Crippen LogP contribution in [0.4, 0.5) is 0 Å². The minimum atomic E-state index is -1.13. The Morgan fingerprint density at radius 2 is 1.92 bits per heavy atom. The Kier molecular flexibility index (Phi) is 4.78. The molecule has 5 heteroatoms. The summed E-state index contributed by atoms with van der Waals surface area (Å²) in [6.07, 6.45) is 0. The monoisotopic (exact) mass is 366 g/mol. The SMILES string of the molecule is O=C(O)c1ccccc1OO.[BiH3]. The summed E-state index contributed by atoms with van der Waals surface area (Å²) in [7, 11) is 0. The van der Waals surface area contributed by atoms with Crippen molar-refractivity contribution in [2.24, 2.45) is 0 Å². The molecule has 0 amide bonds. The van der Waals surface area contributed by atoms with Crippen LogP contribution in [0, 0.1) is 0 Å². The predicted molar refractivity (Wildman–Crippen MR) is 46.6 cm³/mol. The summed E-state index contributed by atoms with van der Waals surface area (Å²) in [6, 6.07) is 5.82. The van der Waals surface area contributed by atoms with E-state index in [1.165, 1.54) is 12.1 Å². The molecule has 0 aliphatic rings. The van der Waals surface area contributed by atoms with Crippen LogP contribution in [0.5, 0.6) is 5.75 Å². The first-order valence-electron chi connectivity index (χ1n) is 2.89. The second-order valence-electron chi connectivity index (χ2n) is 1.89. The number of rotatable bonds is 2. The van der Waals surface area contributed by atoms with Gasteiger partial charge in [-0.1, -0.05) is 12.1 Å². The minimum absolute atomic E-state index is 0. The van der Waals surface area contributed by atoms with E-state index < -0.39 is 5.97 Å². The van der Waals surface area contributed by atoms with E-state index in [2.05, 4.69) is 4.89 Å². The molecule has 0 saturated heterocycles. The summed E-state index contributed by atoms with van der Waals surface area (Å²) < 4.78 is 0. The van der Waals surface area contributed by atoms with Gasteiger partial charge in [-0.2, -0.15) is 0 Å². The molecular weight excluding hydrogens is 357 g/mol. The molecule has 0 aliphatic heterocycles. The number of hydrogen-bond donors (Lipinski definition) is 2. The van der Waals surface area contributed by atoms with Gasteiger partial charge in [0.25, 0.3) is 0 Å². The van der Waals surface area contributed by atoms with Crippen molar-refractivity contribution in [3.05, 3.63) is 29.8 Å². The first-order chi connectivity index (χ1) is 5.25. The molecule has 4 nitrogen and oxygen atoms in total. The van der Waals surface area contributed by atoms with Crippen molar-refractivity contribution in [1.82, 2.24) is 0 Å². The van der Waals surface area contributed by atoms with Crippen LogP contribution >= 0.6 is 0 Å². The average Bonchev–Trinajstić information content (AvgIpc) is 2.04. The zero-order valence-corrected chi connectivity index (χ0v) is 11.7. The molecule has 0 bridgehead atoms. The maximum atomic E-state index is 10.4. The number of carboxylic acid groups (broad SMARTS) is 1. The van der Waals surface area contributed by atoms with E-state index in [0.717, 1.165) is 0 Å². The van der Waals surface area contributed by atoms with Gasteiger partial charge in [0, 0.05) is 0 Å². The van der Waals surface area contributed by atoms with Crippen LogP contribution in [0.3, 0.4) is 0 Å². The Labute approximate surface area is 87.8 Å². The number of carboxylic acids is 1. The number of aromatic carboxylic acids is 1. The molecule has 0 unspecified atom stereocenters. The molecule has 0 atom stereocenters. The quantitative estimate of drug-likeness (QED) is 0.441. The van der Waals surface area contributed by atoms with E-state index in [1.807, 2.05) is 0 Å². The van der Waals surface area contributed by atoms with Gasteiger partial charge in [-0.15, -0.1) is 0 Å². The van der Waals surface area contributed by atoms with E-state index >= 15 is 0 Å². The van der Waals surface area contributed by atoms with Crippen LogP contribution in [-0.2, 0) is 0 Å². The molecular formula is C7H9BiO4. The van der Waals surface area contributed by atoms with Crippen molar-refractivity contribution in [1.29, 1.82) is 0 Å². The second-order valence-corrected chi connectivity index (χ2v) is 1.89. The fraction of sp³-hybridized carbons (Fsp3) is 0. The molecule has 0 radical (unpaired) electrons. The van der Waals surface area contributed by atoms with Gasteiger partial charge < -0.3 is 9.99 Å². The molecule has 2 N–H and O–H groups in total. The normalized spacial score (nSPS) is 8.42. The van der Waals surface area contributed by atoms with E-state index in [0.29, 0.717) is 0 Å². The zero-order valence-electron chi connectivity index (χ0n) is 6.23. The van der Waals surface area contributed by atoms with Gasteiger partial charge in [0.1, 0.15) is 5.56 Å². The third-order valence-electron chi connectivity index (χ3n) is 1.22. The van der Waals surface area contributed by atoms with Crippen LogP contribution in [-0.4, -0.2) is 42.5 Å².